The van der Waals surface area contributed by atoms with Crippen molar-refractivity contribution in [3.8, 4) is 0 Å². The lowest BCUT2D eigenvalue weighted by atomic mass is 10.3. The molecular weight excluding hydrogens is 228 g/mol. The molecule has 96 valence electrons. The van der Waals surface area contributed by atoms with Gasteiger partial charge in [-0.2, -0.15) is 0 Å². The van der Waals surface area contributed by atoms with E-state index >= 15 is 0 Å². The van der Waals surface area contributed by atoms with Crippen molar-refractivity contribution in [2.75, 3.05) is 18.4 Å². The minimum Gasteiger partial charge on any atom is -0.466 e. The molecule has 0 amide bonds. The average Bonchev–Trinajstić information content (AvgIpc) is 2.76. The van der Waals surface area contributed by atoms with Gasteiger partial charge in [0.05, 0.1) is 0 Å². The molecule has 2 rings (SSSR count). The summed E-state index contributed by atoms with van der Waals surface area (Å²) in [7, 11) is 0. The monoisotopic (exact) mass is 246 g/mol. The number of hydrogen-bond acceptors (Lipinski definition) is 5. The van der Waals surface area contributed by atoms with Crippen molar-refractivity contribution in [1.82, 2.24) is 9.97 Å². The molecule has 0 aliphatic heterocycles. The van der Waals surface area contributed by atoms with E-state index < -0.39 is 0 Å². The molecule has 3 N–H and O–H groups in total. The molecule has 0 spiro atoms. The first kappa shape index (κ1) is 12.6. The van der Waals surface area contributed by atoms with Crippen molar-refractivity contribution in [1.29, 1.82) is 0 Å². The van der Waals surface area contributed by atoms with Crippen LogP contribution in [0.1, 0.15) is 17.3 Å². The zero-order valence-electron chi connectivity index (χ0n) is 10.5. The highest BCUT2D eigenvalue weighted by atomic mass is 16.3. The highest BCUT2D eigenvalue weighted by Gasteiger charge is 2.00. The summed E-state index contributed by atoms with van der Waals surface area (Å²) in [5, 5.41) is 3.25. The summed E-state index contributed by atoms with van der Waals surface area (Å²) >= 11 is 0. The SMILES string of the molecule is Cc1ccc(CCNc2ccnc(CCN)n2)o1. The first-order valence-electron chi connectivity index (χ1n) is 6.09. The molecule has 2 aromatic heterocycles. The molecule has 0 unspecified atom stereocenters. The summed E-state index contributed by atoms with van der Waals surface area (Å²) < 4.78 is 5.49. The van der Waals surface area contributed by atoms with Crippen molar-refractivity contribution in [3.63, 3.8) is 0 Å². The maximum absolute atomic E-state index is 5.49. The molecule has 0 saturated carbocycles. The summed E-state index contributed by atoms with van der Waals surface area (Å²) in [6, 6.07) is 5.82. The van der Waals surface area contributed by atoms with Crippen molar-refractivity contribution < 1.29 is 4.42 Å². The summed E-state index contributed by atoms with van der Waals surface area (Å²) in [5.41, 5.74) is 5.48. The third kappa shape index (κ3) is 3.56. The molecule has 0 aliphatic carbocycles. The molecule has 2 aromatic rings. The van der Waals surface area contributed by atoms with E-state index in [1.807, 2.05) is 25.1 Å². The molecule has 5 heteroatoms. The van der Waals surface area contributed by atoms with Crippen LogP contribution in [-0.2, 0) is 12.8 Å². The van der Waals surface area contributed by atoms with Crippen molar-refractivity contribution in [2.45, 2.75) is 19.8 Å². The molecule has 0 saturated heterocycles. The first-order valence-corrected chi connectivity index (χ1v) is 6.09. The maximum Gasteiger partial charge on any atom is 0.131 e. The lowest BCUT2D eigenvalue weighted by molar-refractivity contribution is 0.486. The van der Waals surface area contributed by atoms with Crippen molar-refractivity contribution in [3.05, 3.63) is 41.7 Å². The van der Waals surface area contributed by atoms with E-state index in [-0.39, 0.29) is 0 Å². The minimum atomic E-state index is 0.565. The second-order valence-corrected chi connectivity index (χ2v) is 4.09. The molecule has 0 bridgehead atoms. The number of nitrogens with one attached hydrogen (secondary N) is 1. The van der Waals surface area contributed by atoms with Gasteiger partial charge < -0.3 is 15.5 Å². The topological polar surface area (TPSA) is 77.0 Å². The van der Waals surface area contributed by atoms with Crippen LogP contribution in [0.5, 0.6) is 0 Å². The zero-order valence-corrected chi connectivity index (χ0v) is 10.5. The highest BCUT2D eigenvalue weighted by Crippen LogP contribution is 2.08. The Morgan fingerprint density at radius 1 is 1.28 bits per heavy atom. The molecule has 0 aromatic carbocycles. The van der Waals surface area contributed by atoms with Crippen LogP contribution in [0.15, 0.2) is 28.8 Å². The van der Waals surface area contributed by atoms with Crippen LogP contribution in [0.4, 0.5) is 5.82 Å². The van der Waals surface area contributed by atoms with Crippen LogP contribution in [0.2, 0.25) is 0 Å². The largest absolute Gasteiger partial charge is 0.466 e. The number of anilines is 1. The molecule has 0 atom stereocenters. The standard InChI is InChI=1S/C13H18N4O/c1-10-2-3-11(18-10)5-8-15-13-6-9-16-12(17-13)4-7-14/h2-3,6,9H,4-5,7-8,14H2,1H3,(H,15,16,17). The maximum atomic E-state index is 5.49. The van der Waals surface area contributed by atoms with Gasteiger partial charge in [-0.15, -0.1) is 0 Å². The molecule has 0 radical (unpaired) electrons. The van der Waals surface area contributed by atoms with Gasteiger partial charge in [0.1, 0.15) is 23.2 Å². The van der Waals surface area contributed by atoms with E-state index in [0.717, 1.165) is 36.1 Å². The van der Waals surface area contributed by atoms with E-state index in [2.05, 4.69) is 15.3 Å². The fourth-order valence-corrected chi connectivity index (χ4v) is 1.68. The number of nitrogens with zero attached hydrogens (tertiary/aromatic N) is 2. The van der Waals surface area contributed by atoms with E-state index in [0.29, 0.717) is 13.0 Å². The van der Waals surface area contributed by atoms with E-state index in [1.54, 1.807) is 6.20 Å². The number of furan rings is 1. The lowest BCUT2D eigenvalue weighted by Gasteiger charge is -2.05. The Bertz CT molecular complexity index is 495. The normalized spacial score (nSPS) is 10.6. The summed E-state index contributed by atoms with van der Waals surface area (Å²) in [6.07, 6.45) is 3.29. The van der Waals surface area contributed by atoms with Gasteiger partial charge in [-0.25, -0.2) is 9.97 Å². The Balaban J connectivity index is 1.84. The van der Waals surface area contributed by atoms with Crippen LogP contribution in [0.25, 0.3) is 0 Å². The molecule has 0 fully saturated rings. The third-order valence-corrected chi connectivity index (χ3v) is 2.55. The summed E-state index contributed by atoms with van der Waals surface area (Å²) in [4.78, 5) is 8.52. The molecule has 18 heavy (non-hydrogen) atoms. The Morgan fingerprint density at radius 3 is 2.89 bits per heavy atom. The second-order valence-electron chi connectivity index (χ2n) is 4.09. The van der Waals surface area contributed by atoms with Gasteiger partial charge in [-0.1, -0.05) is 0 Å². The molecule has 0 aliphatic rings. The third-order valence-electron chi connectivity index (χ3n) is 2.55. The predicted molar refractivity (Wildman–Crippen MR) is 70.4 cm³/mol. The van der Waals surface area contributed by atoms with Gasteiger partial charge >= 0.3 is 0 Å². The first-order chi connectivity index (χ1) is 8.78. The van der Waals surface area contributed by atoms with Gasteiger partial charge in [0.25, 0.3) is 0 Å². The summed E-state index contributed by atoms with van der Waals surface area (Å²) in [6.45, 7) is 3.29. The van der Waals surface area contributed by atoms with Crippen LogP contribution in [0, 0.1) is 6.92 Å². The molecular formula is C13H18N4O. The predicted octanol–water partition coefficient (Wildman–Crippen LogP) is 1.53. The average molecular weight is 246 g/mol. The number of nitrogens with two attached hydrogens (primary N) is 1. The van der Waals surface area contributed by atoms with E-state index in [4.69, 9.17) is 10.2 Å². The lowest BCUT2D eigenvalue weighted by Crippen LogP contribution is -2.10. The van der Waals surface area contributed by atoms with Crippen LogP contribution in [-0.4, -0.2) is 23.1 Å². The summed E-state index contributed by atoms with van der Waals surface area (Å²) in [5.74, 6) is 3.53. The van der Waals surface area contributed by atoms with Gasteiger partial charge in [0.2, 0.25) is 0 Å². The van der Waals surface area contributed by atoms with Gasteiger partial charge in [-0.3, -0.25) is 0 Å². The van der Waals surface area contributed by atoms with E-state index in [9.17, 15) is 0 Å². The Hall–Kier alpha value is -1.88. The van der Waals surface area contributed by atoms with E-state index in [1.165, 1.54) is 0 Å². The van der Waals surface area contributed by atoms with Crippen LogP contribution in [0.3, 0.4) is 0 Å². The van der Waals surface area contributed by atoms with Crippen LogP contribution >= 0.6 is 0 Å². The van der Waals surface area contributed by atoms with Gasteiger partial charge in [0, 0.05) is 25.6 Å². The van der Waals surface area contributed by atoms with Gasteiger partial charge in [-0.05, 0) is 31.7 Å². The minimum absolute atomic E-state index is 0.565. The Kier molecular flexibility index (Phi) is 4.30. The highest BCUT2D eigenvalue weighted by molar-refractivity contribution is 5.33. The number of aromatic nitrogens is 2. The fourth-order valence-electron chi connectivity index (χ4n) is 1.68. The second kappa shape index (κ2) is 6.16. The quantitative estimate of drug-likeness (QED) is 0.808. The Labute approximate surface area is 106 Å². The molecule has 5 nitrogen and oxygen atoms in total. The zero-order chi connectivity index (χ0) is 12.8. The number of hydrogen-bond donors (Lipinski definition) is 2. The van der Waals surface area contributed by atoms with Gasteiger partial charge in [0.15, 0.2) is 0 Å². The smallest absolute Gasteiger partial charge is 0.131 e. The Morgan fingerprint density at radius 2 is 2.17 bits per heavy atom. The van der Waals surface area contributed by atoms with Crippen molar-refractivity contribution >= 4 is 5.82 Å². The van der Waals surface area contributed by atoms with Crippen LogP contribution < -0.4 is 11.1 Å². The number of aryl methyl sites for hydroxylation is 1. The van der Waals surface area contributed by atoms with Crippen molar-refractivity contribution in [2.24, 2.45) is 5.73 Å². The molecule has 2 heterocycles. The fraction of sp³-hybridized carbons (Fsp3) is 0.385. The number of rotatable bonds is 6.